The summed E-state index contributed by atoms with van der Waals surface area (Å²) in [6, 6.07) is 10.3. The van der Waals surface area contributed by atoms with Crippen molar-refractivity contribution in [2.24, 2.45) is 5.92 Å². The minimum atomic E-state index is -0.990. The van der Waals surface area contributed by atoms with Crippen LogP contribution < -0.4 is 0 Å². The number of carbonyl (C=O) groups excluding carboxylic acids is 3. The summed E-state index contributed by atoms with van der Waals surface area (Å²) in [6.45, 7) is 3.15. The Hall–Kier alpha value is -2.63. The first-order valence-electron chi connectivity index (χ1n) is 9.94. The lowest BCUT2D eigenvalue weighted by Gasteiger charge is -2.18. The molecule has 0 radical (unpaired) electrons. The molecule has 0 aliphatic carbocycles. The van der Waals surface area contributed by atoms with E-state index in [-0.39, 0.29) is 12.4 Å². The number of methoxy groups -OCH3 is 2. The second-order valence-electron chi connectivity index (χ2n) is 6.90. The van der Waals surface area contributed by atoms with E-state index >= 15 is 0 Å². The Morgan fingerprint density at radius 2 is 1.62 bits per heavy atom. The lowest BCUT2D eigenvalue weighted by atomic mass is 9.95. The zero-order chi connectivity index (χ0) is 21.6. The van der Waals surface area contributed by atoms with E-state index in [9.17, 15) is 14.4 Å². The molecule has 0 amide bonds. The van der Waals surface area contributed by atoms with Gasteiger partial charge >= 0.3 is 17.9 Å². The number of allylic oxidation sites excluding steroid dienone is 1. The fraction of sp³-hybridized carbons (Fsp3) is 0.522. The first-order valence-corrected chi connectivity index (χ1v) is 9.94. The molecule has 1 aromatic rings. The third-order valence-corrected chi connectivity index (χ3v) is 4.73. The van der Waals surface area contributed by atoms with E-state index in [0.717, 1.165) is 31.3 Å². The number of hydrogen-bond donors (Lipinski definition) is 0. The number of benzene rings is 1. The molecule has 160 valence electrons. The van der Waals surface area contributed by atoms with Gasteiger partial charge < -0.3 is 14.2 Å². The van der Waals surface area contributed by atoms with Gasteiger partial charge in [0.15, 0.2) is 5.92 Å². The maximum absolute atomic E-state index is 11.9. The van der Waals surface area contributed by atoms with Gasteiger partial charge in [-0.15, -0.1) is 0 Å². The minimum Gasteiger partial charge on any atom is -0.468 e. The highest BCUT2D eigenvalue weighted by Crippen LogP contribution is 2.21. The molecule has 0 saturated carbocycles. The van der Waals surface area contributed by atoms with Crippen molar-refractivity contribution in [2.75, 3.05) is 14.2 Å². The third kappa shape index (κ3) is 9.41. The summed E-state index contributed by atoms with van der Waals surface area (Å²) in [5.41, 5.74) is 2.20. The van der Waals surface area contributed by atoms with Gasteiger partial charge in [0, 0.05) is 6.92 Å². The summed E-state index contributed by atoms with van der Waals surface area (Å²) < 4.78 is 14.7. The second-order valence-corrected chi connectivity index (χ2v) is 6.90. The van der Waals surface area contributed by atoms with Crippen molar-refractivity contribution < 1.29 is 28.6 Å². The quantitative estimate of drug-likeness (QED) is 0.172. The normalized spacial score (nSPS) is 12.4. The topological polar surface area (TPSA) is 78.9 Å². The number of unbranched alkanes of at least 4 members (excludes halogenated alkanes) is 2. The van der Waals surface area contributed by atoms with Crippen LogP contribution in [0.4, 0.5) is 0 Å². The Bertz CT molecular complexity index is 664. The molecule has 6 nitrogen and oxygen atoms in total. The SMILES string of the molecule is COC(=O)C(CC/C(=C\CCCCc1ccccc1)C(C)OC(C)=O)C(=O)OC. The van der Waals surface area contributed by atoms with Gasteiger partial charge in [-0.3, -0.25) is 14.4 Å². The van der Waals surface area contributed by atoms with E-state index in [1.54, 1.807) is 6.92 Å². The fourth-order valence-electron chi connectivity index (χ4n) is 3.13. The molecule has 0 spiro atoms. The van der Waals surface area contributed by atoms with Crippen LogP contribution in [0.2, 0.25) is 0 Å². The smallest absolute Gasteiger partial charge is 0.320 e. The first-order chi connectivity index (χ1) is 13.9. The Kier molecular flexibility index (Phi) is 11.4. The lowest BCUT2D eigenvalue weighted by molar-refractivity contribution is -0.159. The van der Waals surface area contributed by atoms with Crippen molar-refractivity contribution in [3.05, 3.63) is 47.5 Å². The van der Waals surface area contributed by atoms with E-state index in [0.29, 0.717) is 6.42 Å². The molecule has 0 fully saturated rings. The Balaban J connectivity index is 2.68. The van der Waals surface area contributed by atoms with E-state index in [1.165, 1.54) is 26.7 Å². The summed E-state index contributed by atoms with van der Waals surface area (Å²) in [7, 11) is 2.48. The van der Waals surface area contributed by atoms with E-state index in [2.05, 4.69) is 12.1 Å². The van der Waals surface area contributed by atoms with Crippen molar-refractivity contribution in [1.82, 2.24) is 0 Å². The molecule has 0 N–H and O–H groups in total. The summed E-state index contributed by atoms with van der Waals surface area (Å²) in [5, 5.41) is 0. The van der Waals surface area contributed by atoms with Gasteiger partial charge in [0.25, 0.3) is 0 Å². The molecule has 1 atom stereocenters. The van der Waals surface area contributed by atoms with E-state index < -0.39 is 24.0 Å². The number of ether oxygens (including phenoxy) is 3. The van der Waals surface area contributed by atoms with Crippen LogP contribution in [-0.4, -0.2) is 38.2 Å². The van der Waals surface area contributed by atoms with Crippen LogP contribution in [0.1, 0.15) is 51.5 Å². The van der Waals surface area contributed by atoms with Gasteiger partial charge in [0.2, 0.25) is 0 Å². The number of rotatable bonds is 12. The predicted octanol–water partition coefficient (Wildman–Crippen LogP) is 4.02. The number of aryl methyl sites for hydroxylation is 1. The van der Waals surface area contributed by atoms with Crippen LogP contribution in [0, 0.1) is 5.92 Å². The highest BCUT2D eigenvalue weighted by Gasteiger charge is 2.29. The van der Waals surface area contributed by atoms with Crippen LogP contribution >= 0.6 is 0 Å². The molecule has 29 heavy (non-hydrogen) atoms. The van der Waals surface area contributed by atoms with Crippen LogP contribution in [0.3, 0.4) is 0 Å². The average Bonchev–Trinajstić information content (AvgIpc) is 2.71. The van der Waals surface area contributed by atoms with Crippen molar-refractivity contribution in [2.45, 2.75) is 58.5 Å². The third-order valence-electron chi connectivity index (χ3n) is 4.73. The predicted molar refractivity (Wildman–Crippen MR) is 110 cm³/mol. The molecule has 6 heteroatoms. The first kappa shape index (κ1) is 24.4. The van der Waals surface area contributed by atoms with Crippen LogP contribution in [0.25, 0.3) is 0 Å². The van der Waals surface area contributed by atoms with E-state index in [4.69, 9.17) is 14.2 Å². The zero-order valence-corrected chi connectivity index (χ0v) is 17.8. The summed E-state index contributed by atoms with van der Waals surface area (Å²) in [6.07, 6.45) is 6.17. The van der Waals surface area contributed by atoms with Gasteiger partial charge in [-0.2, -0.15) is 0 Å². The molecule has 0 aromatic heterocycles. The maximum atomic E-state index is 11.9. The fourth-order valence-corrected chi connectivity index (χ4v) is 3.13. The van der Waals surface area contributed by atoms with Crippen molar-refractivity contribution in [1.29, 1.82) is 0 Å². The highest BCUT2D eigenvalue weighted by molar-refractivity contribution is 5.94. The number of hydrogen-bond acceptors (Lipinski definition) is 6. The molecule has 1 aromatic carbocycles. The maximum Gasteiger partial charge on any atom is 0.320 e. The minimum absolute atomic E-state index is 0.237. The summed E-state index contributed by atoms with van der Waals surface area (Å²) >= 11 is 0. The van der Waals surface area contributed by atoms with Crippen molar-refractivity contribution in [3.8, 4) is 0 Å². The average molecular weight is 405 g/mol. The summed E-state index contributed by atoms with van der Waals surface area (Å²) in [4.78, 5) is 35.1. The zero-order valence-electron chi connectivity index (χ0n) is 17.8. The number of esters is 3. The second kappa shape index (κ2) is 13.5. The van der Waals surface area contributed by atoms with Gasteiger partial charge in [-0.25, -0.2) is 0 Å². The molecular weight excluding hydrogens is 372 g/mol. The Labute approximate surface area is 173 Å². The molecule has 1 unspecified atom stereocenters. The largest absolute Gasteiger partial charge is 0.468 e. The van der Waals surface area contributed by atoms with Crippen LogP contribution in [0.15, 0.2) is 42.0 Å². The van der Waals surface area contributed by atoms with Gasteiger partial charge in [-0.05, 0) is 56.6 Å². The molecule has 0 saturated heterocycles. The van der Waals surface area contributed by atoms with Gasteiger partial charge in [0.05, 0.1) is 14.2 Å². The molecule has 1 rings (SSSR count). The monoisotopic (exact) mass is 404 g/mol. The van der Waals surface area contributed by atoms with Gasteiger partial charge in [0.1, 0.15) is 6.10 Å². The number of carbonyl (C=O) groups is 3. The Morgan fingerprint density at radius 3 is 2.17 bits per heavy atom. The van der Waals surface area contributed by atoms with Crippen LogP contribution in [-0.2, 0) is 35.0 Å². The van der Waals surface area contributed by atoms with Gasteiger partial charge in [-0.1, -0.05) is 36.4 Å². The molecule has 0 aliphatic rings. The molecule has 0 aliphatic heterocycles. The van der Waals surface area contributed by atoms with Crippen LogP contribution in [0.5, 0.6) is 0 Å². The molecule has 0 heterocycles. The van der Waals surface area contributed by atoms with Crippen molar-refractivity contribution >= 4 is 17.9 Å². The standard InChI is InChI=1S/C23H32O6/c1-17(29-18(2)24)20(15-16-21(22(25)27-3)23(26)28-4)14-10-6-9-13-19-11-7-5-8-12-19/h5,7-8,11-12,14,17,21H,6,9-10,13,15-16H2,1-4H3/b20-14+. The Morgan fingerprint density at radius 1 is 1.00 bits per heavy atom. The highest BCUT2D eigenvalue weighted by atomic mass is 16.5. The van der Waals surface area contributed by atoms with E-state index in [1.807, 2.05) is 24.3 Å². The lowest BCUT2D eigenvalue weighted by Crippen LogP contribution is -2.27. The molecule has 0 bridgehead atoms. The molecular formula is C23H32O6. The van der Waals surface area contributed by atoms with Crippen molar-refractivity contribution in [3.63, 3.8) is 0 Å². The summed E-state index contributed by atoms with van der Waals surface area (Å²) in [5.74, 6) is -2.61.